The first-order valence-electron chi connectivity index (χ1n) is 5.55. The van der Waals surface area contributed by atoms with Gasteiger partial charge in [0.25, 0.3) is 0 Å². The van der Waals surface area contributed by atoms with Crippen molar-refractivity contribution in [2.75, 3.05) is 13.2 Å². The fourth-order valence-corrected chi connectivity index (χ4v) is 1.21. The highest BCUT2D eigenvalue weighted by molar-refractivity contribution is 5.01. The van der Waals surface area contributed by atoms with E-state index in [1.807, 2.05) is 0 Å². The van der Waals surface area contributed by atoms with Gasteiger partial charge >= 0.3 is 0 Å². The Morgan fingerprint density at radius 1 is 1.14 bits per heavy atom. The molecule has 2 nitrogen and oxygen atoms in total. The number of nitrogens with zero attached hydrogens (tertiary/aromatic N) is 1. The number of rotatable bonds is 4. The number of hydrogen-bond acceptors (Lipinski definition) is 2. The molecular weight excluding hydrogens is 174 g/mol. The van der Waals surface area contributed by atoms with Crippen LogP contribution in [0.2, 0.25) is 0 Å². The monoisotopic (exact) mass is 197 g/mol. The summed E-state index contributed by atoms with van der Waals surface area (Å²) in [6, 6.07) is 0. The molecule has 0 aromatic heterocycles. The molecule has 1 rings (SSSR count). The number of unbranched alkanes of at least 4 members (excludes halogenated alkanes) is 2. The molecule has 0 radical (unpaired) electrons. The standard InChI is InChI=1S/C10H17N.C2H6O/c1-2-3-5-8-11-9-6-4-7-10-11;1-2-3/h6-7,9-10H,2-5,8H2,1H3;3H,2H2,1H3. The Bertz CT molecular complexity index is 152. The van der Waals surface area contributed by atoms with E-state index < -0.39 is 0 Å². The Labute approximate surface area is 87.9 Å². The summed E-state index contributed by atoms with van der Waals surface area (Å²) >= 11 is 0. The van der Waals surface area contributed by atoms with Crippen LogP contribution >= 0.6 is 0 Å². The molecule has 0 aromatic carbocycles. The third-order valence-electron chi connectivity index (χ3n) is 1.89. The van der Waals surface area contributed by atoms with Crippen LogP contribution in [0.4, 0.5) is 0 Å². The van der Waals surface area contributed by atoms with Gasteiger partial charge in [-0.2, -0.15) is 0 Å². The van der Waals surface area contributed by atoms with Crippen LogP contribution < -0.4 is 0 Å². The lowest BCUT2D eigenvalue weighted by Gasteiger charge is -2.17. The van der Waals surface area contributed by atoms with Crippen molar-refractivity contribution in [3.05, 3.63) is 24.6 Å². The van der Waals surface area contributed by atoms with Gasteiger partial charge in [0.15, 0.2) is 0 Å². The van der Waals surface area contributed by atoms with Crippen LogP contribution in [0.25, 0.3) is 0 Å². The third-order valence-corrected chi connectivity index (χ3v) is 1.89. The van der Waals surface area contributed by atoms with Crippen molar-refractivity contribution in [2.45, 2.75) is 39.5 Å². The molecule has 1 aliphatic heterocycles. The molecule has 2 heteroatoms. The second kappa shape index (κ2) is 10.3. The van der Waals surface area contributed by atoms with Gasteiger partial charge in [0.2, 0.25) is 0 Å². The van der Waals surface area contributed by atoms with E-state index >= 15 is 0 Å². The van der Waals surface area contributed by atoms with Crippen molar-refractivity contribution < 1.29 is 5.11 Å². The zero-order valence-corrected chi connectivity index (χ0v) is 9.45. The van der Waals surface area contributed by atoms with Crippen LogP contribution in [0.15, 0.2) is 24.6 Å². The lowest BCUT2D eigenvalue weighted by atomic mass is 10.2. The van der Waals surface area contributed by atoms with Crippen molar-refractivity contribution >= 4 is 0 Å². The predicted octanol–water partition coefficient (Wildman–Crippen LogP) is 2.91. The minimum absolute atomic E-state index is 0.250. The average Bonchev–Trinajstić information content (AvgIpc) is 2.21. The third kappa shape index (κ3) is 7.87. The smallest absolute Gasteiger partial charge is 0.0402 e. The van der Waals surface area contributed by atoms with E-state index in [0.29, 0.717) is 0 Å². The molecule has 0 amide bonds. The second-order valence-corrected chi connectivity index (χ2v) is 3.27. The predicted molar refractivity (Wildman–Crippen MR) is 61.9 cm³/mol. The highest BCUT2D eigenvalue weighted by Gasteiger charge is 1.95. The largest absolute Gasteiger partial charge is 0.397 e. The van der Waals surface area contributed by atoms with E-state index in [1.54, 1.807) is 6.92 Å². The Morgan fingerprint density at radius 2 is 1.71 bits per heavy atom. The summed E-state index contributed by atoms with van der Waals surface area (Å²) in [5.74, 6) is 0. The fraction of sp³-hybridized carbons (Fsp3) is 0.667. The molecule has 1 heterocycles. The van der Waals surface area contributed by atoms with Crippen LogP contribution in [-0.4, -0.2) is 23.2 Å². The highest BCUT2D eigenvalue weighted by Crippen LogP contribution is 2.04. The van der Waals surface area contributed by atoms with Crippen LogP contribution in [0.1, 0.15) is 39.5 Å². The van der Waals surface area contributed by atoms with Crippen molar-refractivity contribution in [3.8, 4) is 0 Å². The van der Waals surface area contributed by atoms with Gasteiger partial charge in [-0.15, -0.1) is 0 Å². The molecule has 0 unspecified atom stereocenters. The maximum absolute atomic E-state index is 7.57. The second-order valence-electron chi connectivity index (χ2n) is 3.27. The molecule has 0 aromatic rings. The van der Waals surface area contributed by atoms with Gasteiger partial charge in [0.05, 0.1) is 0 Å². The van der Waals surface area contributed by atoms with Gasteiger partial charge in [0, 0.05) is 13.2 Å². The van der Waals surface area contributed by atoms with Crippen LogP contribution in [0.5, 0.6) is 0 Å². The van der Waals surface area contributed by atoms with Crippen molar-refractivity contribution in [1.82, 2.24) is 4.90 Å². The minimum Gasteiger partial charge on any atom is -0.397 e. The van der Waals surface area contributed by atoms with Gasteiger partial charge < -0.3 is 10.0 Å². The van der Waals surface area contributed by atoms with E-state index in [-0.39, 0.29) is 6.61 Å². The molecule has 0 aliphatic carbocycles. The number of hydrogen-bond donors (Lipinski definition) is 1. The van der Waals surface area contributed by atoms with Gasteiger partial charge in [-0.1, -0.05) is 31.9 Å². The van der Waals surface area contributed by atoms with E-state index in [0.717, 1.165) is 6.42 Å². The maximum atomic E-state index is 7.57. The first kappa shape index (κ1) is 13.2. The van der Waals surface area contributed by atoms with E-state index in [2.05, 4.69) is 36.4 Å². The molecule has 0 spiro atoms. The number of aliphatic hydroxyl groups excluding tert-OH is 1. The molecule has 14 heavy (non-hydrogen) atoms. The zero-order valence-electron chi connectivity index (χ0n) is 9.45. The quantitative estimate of drug-likeness (QED) is 0.700. The van der Waals surface area contributed by atoms with Gasteiger partial charge in [0.1, 0.15) is 0 Å². The van der Waals surface area contributed by atoms with Crippen molar-refractivity contribution in [2.24, 2.45) is 0 Å². The Hall–Kier alpha value is -0.760. The highest BCUT2D eigenvalue weighted by atomic mass is 16.2. The summed E-state index contributed by atoms with van der Waals surface area (Å²) in [4.78, 5) is 2.26. The number of aliphatic hydroxyl groups is 1. The average molecular weight is 197 g/mol. The summed E-state index contributed by atoms with van der Waals surface area (Å²) in [6.45, 7) is 5.35. The molecule has 82 valence electrons. The Balaban J connectivity index is 0.000000500. The summed E-state index contributed by atoms with van der Waals surface area (Å²) in [5.41, 5.74) is 0. The van der Waals surface area contributed by atoms with Gasteiger partial charge in [-0.3, -0.25) is 0 Å². The molecule has 0 saturated carbocycles. The van der Waals surface area contributed by atoms with E-state index in [9.17, 15) is 0 Å². The Kier molecular flexibility index (Phi) is 9.76. The summed E-state index contributed by atoms with van der Waals surface area (Å²) in [6.07, 6.45) is 13.8. The Morgan fingerprint density at radius 3 is 2.21 bits per heavy atom. The molecule has 1 N–H and O–H groups in total. The molecule has 0 atom stereocenters. The summed E-state index contributed by atoms with van der Waals surface area (Å²) < 4.78 is 0. The van der Waals surface area contributed by atoms with Crippen molar-refractivity contribution in [1.29, 1.82) is 0 Å². The topological polar surface area (TPSA) is 23.5 Å². The first-order valence-corrected chi connectivity index (χ1v) is 5.55. The SMILES string of the molecule is CCCCCN1C=CCC=C1.CCO. The fourth-order valence-electron chi connectivity index (χ4n) is 1.21. The van der Waals surface area contributed by atoms with Gasteiger partial charge in [-0.25, -0.2) is 0 Å². The van der Waals surface area contributed by atoms with E-state index in [1.165, 1.54) is 25.8 Å². The number of allylic oxidation sites excluding steroid dienone is 2. The molecule has 1 aliphatic rings. The van der Waals surface area contributed by atoms with E-state index in [4.69, 9.17) is 5.11 Å². The molecule has 0 fully saturated rings. The van der Waals surface area contributed by atoms with Crippen LogP contribution in [-0.2, 0) is 0 Å². The summed E-state index contributed by atoms with van der Waals surface area (Å²) in [7, 11) is 0. The first-order chi connectivity index (χ1) is 6.85. The summed E-state index contributed by atoms with van der Waals surface area (Å²) in [5, 5.41) is 7.57. The maximum Gasteiger partial charge on any atom is 0.0402 e. The normalized spacial score (nSPS) is 13.8. The zero-order chi connectivity index (χ0) is 10.6. The minimum atomic E-state index is 0.250. The lowest BCUT2D eigenvalue weighted by molar-refractivity contribution is 0.318. The van der Waals surface area contributed by atoms with Crippen LogP contribution in [0, 0.1) is 0 Å². The van der Waals surface area contributed by atoms with Crippen LogP contribution in [0.3, 0.4) is 0 Å². The van der Waals surface area contributed by atoms with Crippen molar-refractivity contribution in [3.63, 3.8) is 0 Å². The molecule has 0 saturated heterocycles. The lowest BCUT2D eigenvalue weighted by Crippen LogP contribution is -2.12. The molecule has 0 bridgehead atoms. The van der Waals surface area contributed by atoms with Gasteiger partial charge in [-0.05, 0) is 32.2 Å². The molecular formula is C12H23NO.